The molecule has 3 heteroatoms. The molecule has 3 nitrogen and oxygen atoms in total. The molecule has 0 saturated carbocycles. The Morgan fingerprint density at radius 2 is 1.93 bits per heavy atom. The lowest BCUT2D eigenvalue weighted by molar-refractivity contribution is -0.138. The van der Waals surface area contributed by atoms with Crippen LogP contribution in [0.1, 0.15) is 47.1 Å². The van der Waals surface area contributed by atoms with E-state index in [0.717, 1.165) is 45.3 Å². The molecule has 146 valence electrons. The molecule has 28 heavy (non-hydrogen) atoms. The molecule has 1 aliphatic heterocycles. The average molecular weight is 376 g/mol. The predicted molar refractivity (Wildman–Crippen MR) is 114 cm³/mol. The van der Waals surface area contributed by atoms with Crippen molar-refractivity contribution in [2.75, 3.05) is 19.6 Å². The maximum atomic E-state index is 10.9. The molecule has 0 spiro atoms. The summed E-state index contributed by atoms with van der Waals surface area (Å²) in [5.41, 5.74) is 8.31. The maximum absolute atomic E-state index is 10.9. The molecule has 0 aromatic heterocycles. The van der Waals surface area contributed by atoms with E-state index in [2.05, 4.69) is 60.4 Å². The van der Waals surface area contributed by atoms with Crippen LogP contribution in [0, 0.1) is 12.8 Å². The van der Waals surface area contributed by atoms with Crippen LogP contribution < -0.4 is 0 Å². The second-order valence-electron chi connectivity index (χ2n) is 8.28. The maximum Gasteiger partial charge on any atom is 0.303 e. The van der Waals surface area contributed by atoms with Crippen molar-refractivity contribution in [3.63, 3.8) is 0 Å². The Labute approximate surface area is 167 Å². The summed E-state index contributed by atoms with van der Waals surface area (Å²) in [4.78, 5) is 13.4. The summed E-state index contributed by atoms with van der Waals surface area (Å²) in [6.07, 6.45) is 6.90. The summed E-state index contributed by atoms with van der Waals surface area (Å²) in [5.74, 6) is -0.358. The van der Waals surface area contributed by atoms with Gasteiger partial charge in [0.2, 0.25) is 0 Å². The molecule has 0 bridgehead atoms. The minimum absolute atomic E-state index is 0.303. The molecule has 1 heterocycles. The standard InChI is InChI=1S/C25H29NO2/c1-18-8-9-21-11-10-20-5-2-3-6-22(20)23(24(21)15-18)7-4-13-26-14-12-19(17-26)16-25(27)28/h2-3,5-9,15,19H,4,10-14,16-17H2,1H3,(H,27,28)/b23-7+. The normalized spacial score (nSPS) is 20.6. The van der Waals surface area contributed by atoms with Crippen LogP contribution in [0.5, 0.6) is 0 Å². The summed E-state index contributed by atoms with van der Waals surface area (Å²) in [6.45, 7) is 5.11. The fourth-order valence-corrected chi connectivity index (χ4v) is 4.72. The van der Waals surface area contributed by atoms with Gasteiger partial charge < -0.3 is 10.0 Å². The van der Waals surface area contributed by atoms with Gasteiger partial charge in [-0.3, -0.25) is 4.79 Å². The quantitative estimate of drug-likeness (QED) is 0.823. The number of rotatable bonds is 5. The summed E-state index contributed by atoms with van der Waals surface area (Å²) in [6, 6.07) is 15.7. The Kier molecular flexibility index (Phi) is 5.63. The summed E-state index contributed by atoms with van der Waals surface area (Å²) < 4.78 is 0. The number of hydrogen-bond donors (Lipinski definition) is 1. The lowest BCUT2D eigenvalue weighted by atomic mass is 9.92. The van der Waals surface area contributed by atoms with Crippen molar-refractivity contribution >= 4 is 11.5 Å². The number of carboxylic acids is 1. The number of carboxylic acid groups (broad SMARTS) is 1. The van der Waals surface area contributed by atoms with E-state index >= 15 is 0 Å². The Hall–Kier alpha value is -2.39. The fraction of sp³-hybridized carbons (Fsp3) is 0.400. The van der Waals surface area contributed by atoms with E-state index in [1.807, 2.05) is 0 Å². The number of likely N-dealkylation sites (tertiary alicyclic amines) is 1. The zero-order valence-electron chi connectivity index (χ0n) is 16.7. The Balaban J connectivity index is 1.55. The third-order valence-electron chi connectivity index (χ3n) is 6.15. The first kappa shape index (κ1) is 18.9. The van der Waals surface area contributed by atoms with Crippen LogP contribution in [0.4, 0.5) is 0 Å². The van der Waals surface area contributed by atoms with E-state index in [4.69, 9.17) is 5.11 Å². The third kappa shape index (κ3) is 4.20. The van der Waals surface area contributed by atoms with Crippen molar-refractivity contribution in [2.24, 2.45) is 5.92 Å². The number of fused-ring (bicyclic) bond motifs is 2. The molecule has 2 aliphatic rings. The second-order valence-corrected chi connectivity index (χ2v) is 8.28. The number of benzene rings is 2. The largest absolute Gasteiger partial charge is 0.481 e. The molecule has 1 aliphatic carbocycles. The molecule has 1 unspecified atom stereocenters. The number of nitrogens with zero attached hydrogens (tertiary/aromatic N) is 1. The van der Waals surface area contributed by atoms with Crippen molar-refractivity contribution < 1.29 is 9.90 Å². The highest BCUT2D eigenvalue weighted by Crippen LogP contribution is 2.34. The van der Waals surface area contributed by atoms with E-state index in [1.165, 1.54) is 33.4 Å². The minimum atomic E-state index is -0.670. The minimum Gasteiger partial charge on any atom is -0.481 e. The van der Waals surface area contributed by atoms with Crippen LogP contribution in [0.3, 0.4) is 0 Å². The molecule has 4 rings (SSSR count). The third-order valence-corrected chi connectivity index (χ3v) is 6.15. The molecular formula is C25H29NO2. The van der Waals surface area contributed by atoms with Crippen molar-refractivity contribution in [3.8, 4) is 0 Å². The lowest BCUT2D eigenvalue weighted by Crippen LogP contribution is -2.22. The van der Waals surface area contributed by atoms with Crippen molar-refractivity contribution in [1.82, 2.24) is 4.90 Å². The molecule has 0 radical (unpaired) electrons. The van der Waals surface area contributed by atoms with Gasteiger partial charge in [0.05, 0.1) is 0 Å². The van der Waals surface area contributed by atoms with Gasteiger partial charge in [0.25, 0.3) is 0 Å². The molecule has 2 aromatic rings. The van der Waals surface area contributed by atoms with Gasteiger partial charge in [-0.1, -0.05) is 54.1 Å². The van der Waals surface area contributed by atoms with Crippen molar-refractivity contribution in [3.05, 3.63) is 76.4 Å². The van der Waals surface area contributed by atoms with Crippen LogP contribution in [0.25, 0.3) is 5.57 Å². The molecule has 1 saturated heterocycles. The fourth-order valence-electron chi connectivity index (χ4n) is 4.72. The van der Waals surface area contributed by atoms with Crippen LogP contribution in [-0.2, 0) is 17.6 Å². The summed E-state index contributed by atoms with van der Waals surface area (Å²) in [5, 5.41) is 9.01. The summed E-state index contributed by atoms with van der Waals surface area (Å²) >= 11 is 0. The zero-order chi connectivity index (χ0) is 19.5. The molecule has 1 fully saturated rings. The smallest absolute Gasteiger partial charge is 0.303 e. The number of aryl methyl sites for hydroxylation is 3. The first-order chi connectivity index (χ1) is 13.6. The number of carbonyl (C=O) groups is 1. The van der Waals surface area contributed by atoms with Crippen molar-refractivity contribution in [1.29, 1.82) is 0 Å². The van der Waals surface area contributed by atoms with Gasteiger partial charge in [0.1, 0.15) is 0 Å². The zero-order valence-corrected chi connectivity index (χ0v) is 16.7. The van der Waals surface area contributed by atoms with Crippen LogP contribution in [-0.4, -0.2) is 35.6 Å². The van der Waals surface area contributed by atoms with E-state index in [1.54, 1.807) is 0 Å². The highest BCUT2D eigenvalue weighted by molar-refractivity contribution is 5.84. The first-order valence-corrected chi connectivity index (χ1v) is 10.4. The van der Waals surface area contributed by atoms with E-state index < -0.39 is 5.97 Å². The van der Waals surface area contributed by atoms with Gasteiger partial charge in [0, 0.05) is 19.5 Å². The number of aliphatic carboxylic acids is 1. The first-order valence-electron chi connectivity index (χ1n) is 10.4. The predicted octanol–water partition coefficient (Wildman–Crippen LogP) is 4.71. The Bertz CT molecular complexity index is 899. The van der Waals surface area contributed by atoms with E-state index in [0.29, 0.717) is 12.3 Å². The lowest BCUT2D eigenvalue weighted by Gasteiger charge is -2.16. The average Bonchev–Trinajstić information content (AvgIpc) is 3.04. The van der Waals surface area contributed by atoms with Gasteiger partial charge >= 0.3 is 5.97 Å². The highest BCUT2D eigenvalue weighted by atomic mass is 16.4. The topological polar surface area (TPSA) is 40.5 Å². The van der Waals surface area contributed by atoms with E-state index in [9.17, 15) is 4.79 Å². The van der Waals surface area contributed by atoms with Gasteiger partial charge in [-0.2, -0.15) is 0 Å². The van der Waals surface area contributed by atoms with Crippen molar-refractivity contribution in [2.45, 2.75) is 39.0 Å². The summed E-state index contributed by atoms with van der Waals surface area (Å²) in [7, 11) is 0. The molecular weight excluding hydrogens is 346 g/mol. The van der Waals surface area contributed by atoms with Crippen LogP contribution in [0.15, 0.2) is 48.5 Å². The van der Waals surface area contributed by atoms with Gasteiger partial charge in [-0.15, -0.1) is 0 Å². The van der Waals surface area contributed by atoms with Gasteiger partial charge in [-0.05, 0) is 72.9 Å². The monoisotopic (exact) mass is 375 g/mol. The van der Waals surface area contributed by atoms with E-state index in [-0.39, 0.29) is 0 Å². The Morgan fingerprint density at radius 3 is 2.75 bits per heavy atom. The Morgan fingerprint density at radius 1 is 1.14 bits per heavy atom. The molecule has 2 aromatic carbocycles. The molecule has 1 N–H and O–H groups in total. The highest BCUT2D eigenvalue weighted by Gasteiger charge is 2.24. The molecule has 0 amide bonds. The second kappa shape index (κ2) is 8.32. The van der Waals surface area contributed by atoms with Crippen LogP contribution in [0.2, 0.25) is 0 Å². The van der Waals surface area contributed by atoms with Crippen LogP contribution >= 0.6 is 0 Å². The van der Waals surface area contributed by atoms with Gasteiger partial charge in [0.15, 0.2) is 0 Å². The van der Waals surface area contributed by atoms with Gasteiger partial charge in [-0.25, -0.2) is 0 Å². The number of hydrogen-bond acceptors (Lipinski definition) is 2. The SMILES string of the molecule is Cc1ccc2c(c1)/C(=C/CCN1CCC(CC(=O)O)C1)c1ccccc1CC2. The molecule has 1 atom stereocenters.